The lowest BCUT2D eigenvalue weighted by Gasteiger charge is -2.27. The topological polar surface area (TPSA) is 23.6 Å². The van der Waals surface area contributed by atoms with Crippen LogP contribution in [0.25, 0.3) is 0 Å². The molecule has 0 atom stereocenters. The van der Waals surface area contributed by atoms with E-state index in [9.17, 15) is 4.79 Å². The van der Waals surface area contributed by atoms with Crippen molar-refractivity contribution in [3.8, 4) is 0 Å². The molecule has 0 aliphatic heterocycles. The number of hydrogen-bond donors (Lipinski definition) is 0. The zero-order valence-electron chi connectivity index (χ0n) is 14.2. The molecule has 0 N–H and O–H groups in total. The van der Waals surface area contributed by atoms with Crippen LogP contribution in [0.1, 0.15) is 57.3 Å². The number of nitrogens with zero attached hydrogens (tertiary/aromatic N) is 2. The Morgan fingerprint density at radius 2 is 1.71 bits per heavy atom. The normalized spacial score (nSPS) is 10.8. The smallest absolute Gasteiger partial charge is 0.254 e. The predicted molar refractivity (Wildman–Crippen MR) is 91.1 cm³/mol. The molecule has 0 aliphatic rings. The van der Waals surface area contributed by atoms with Crippen LogP contribution in [-0.2, 0) is 0 Å². The largest absolute Gasteiger partial charge is 0.375 e. The monoisotopic (exact) mass is 290 g/mol. The van der Waals surface area contributed by atoms with E-state index >= 15 is 0 Å². The molecule has 0 bridgehead atoms. The quantitative estimate of drug-likeness (QED) is 0.670. The molecule has 0 unspecified atom stereocenters. The summed E-state index contributed by atoms with van der Waals surface area (Å²) in [7, 11) is 2.06. The third-order valence-electron chi connectivity index (χ3n) is 3.92. The Balaban J connectivity index is 2.78. The Bertz CT molecular complexity index is 425. The Kier molecular flexibility index (Phi) is 7.27. The first kappa shape index (κ1) is 17.5. The standard InChI is InChI=1S/C18H30N2O/c1-6-8-9-14-20(15(3)4)18(21)16-10-12-17(13-11-16)19(5)7-2/h10-13,15H,6-9,14H2,1-5H3. The molecule has 1 rings (SSSR count). The zero-order chi connectivity index (χ0) is 15.8. The van der Waals surface area contributed by atoms with Crippen LogP contribution in [0, 0.1) is 0 Å². The van der Waals surface area contributed by atoms with Gasteiger partial charge in [0.15, 0.2) is 0 Å². The minimum absolute atomic E-state index is 0.145. The van der Waals surface area contributed by atoms with Gasteiger partial charge in [-0.3, -0.25) is 4.79 Å². The van der Waals surface area contributed by atoms with Gasteiger partial charge in [-0.15, -0.1) is 0 Å². The SMILES string of the molecule is CCCCCN(C(=O)c1ccc(N(C)CC)cc1)C(C)C. The van der Waals surface area contributed by atoms with Crippen LogP contribution in [0.5, 0.6) is 0 Å². The Morgan fingerprint density at radius 3 is 2.19 bits per heavy atom. The van der Waals surface area contributed by atoms with Crippen molar-refractivity contribution in [3.63, 3.8) is 0 Å². The molecule has 0 radical (unpaired) electrons. The molecule has 0 aromatic heterocycles. The van der Waals surface area contributed by atoms with E-state index in [2.05, 4.69) is 39.6 Å². The first-order valence-corrected chi connectivity index (χ1v) is 8.13. The number of carbonyl (C=O) groups excluding carboxylic acids is 1. The molecule has 1 amide bonds. The third kappa shape index (κ3) is 5.07. The number of anilines is 1. The molecule has 0 fully saturated rings. The maximum atomic E-state index is 12.6. The van der Waals surface area contributed by atoms with Crippen LogP contribution in [0.3, 0.4) is 0 Å². The summed E-state index contributed by atoms with van der Waals surface area (Å²) in [5.41, 5.74) is 1.93. The first-order chi connectivity index (χ1) is 10.0. The van der Waals surface area contributed by atoms with Crippen LogP contribution in [0.15, 0.2) is 24.3 Å². The van der Waals surface area contributed by atoms with Gasteiger partial charge in [0.25, 0.3) is 5.91 Å². The molecule has 118 valence electrons. The third-order valence-corrected chi connectivity index (χ3v) is 3.92. The summed E-state index contributed by atoms with van der Waals surface area (Å²) >= 11 is 0. The maximum Gasteiger partial charge on any atom is 0.254 e. The molecule has 21 heavy (non-hydrogen) atoms. The highest BCUT2D eigenvalue weighted by molar-refractivity contribution is 5.94. The van der Waals surface area contributed by atoms with Crippen molar-refractivity contribution in [2.24, 2.45) is 0 Å². The van der Waals surface area contributed by atoms with Crippen LogP contribution < -0.4 is 4.90 Å². The van der Waals surface area contributed by atoms with Gasteiger partial charge in [-0.1, -0.05) is 19.8 Å². The molecule has 0 spiro atoms. The fraction of sp³-hybridized carbons (Fsp3) is 0.611. The van der Waals surface area contributed by atoms with Gasteiger partial charge in [-0.2, -0.15) is 0 Å². The lowest BCUT2D eigenvalue weighted by Crippen LogP contribution is -2.37. The average molecular weight is 290 g/mol. The van der Waals surface area contributed by atoms with E-state index in [0.717, 1.165) is 30.8 Å². The molecule has 1 aromatic carbocycles. The number of amides is 1. The molecule has 3 heteroatoms. The van der Waals surface area contributed by atoms with Crippen molar-refractivity contribution in [3.05, 3.63) is 29.8 Å². The van der Waals surface area contributed by atoms with Gasteiger partial charge in [0.05, 0.1) is 0 Å². The second kappa shape index (κ2) is 8.71. The zero-order valence-corrected chi connectivity index (χ0v) is 14.2. The molecule has 0 saturated carbocycles. The van der Waals surface area contributed by atoms with Crippen LogP contribution in [0.2, 0.25) is 0 Å². The summed E-state index contributed by atoms with van der Waals surface area (Å²) in [5.74, 6) is 0.145. The second-order valence-electron chi connectivity index (χ2n) is 5.86. The Labute approximate surface area is 129 Å². The Morgan fingerprint density at radius 1 is 1.10 bits per heavy atom. The summed E-state index contributed by atoms with van der Waals surface area (Å²) in [5, 5.41) is 0. The van der Waals surface area contributed by atoms with E-state index in [4.69, 9.17) is 0 Å². The lowest BCUT2D eigenvalue weighted by molar-refractivity contribution is 0.0702. The summed E-state index contributed by atoms with van der Waals surface area (Å²) < 4.78 is 0. The lowest BCUT2D eigenvalue weighted by atomic mass is 10.1. The van der Waals surface area contributed by atoms with Gasteiger partial charge in [0.2, 0.25) is 0 Å². The molecule has 0 aliphatic carbocycles. The highest BCUT2D eigenvalue weighted by Gasteiger charge is 2.18. The predicted octanol–water partition coefficient (Wildman–Crippen LogP) is 4.18. The van der Waals surface area contributed by atoms with E-state index in [1.807, 2.05) is 29.2 Å². The molecule has 1 aromatic rings. The van der Waals surface area contributed by atoms with Crippen LogP contribution in [0.4, 0.5) is 5.69 Å². The van der Waals surface area contributed by atoms with Gasteiger partial charge in [0, 0.05) is 37.4 Å². The number of rotatable bonds is 8. The van der Waals surface area contributed by atoms with Crippen molar-refractivity contribution in [2.45, 2.75) is 53.0 Å². The van der Waals surface area contributed by atoms with Crippen molar-refractivity contribution in [2.75, 3.05) is 25.0 Å². The summed E-state index contributed by atoms with van der Waals surface area (Å²) in [6.45, 7) is 10.3. The molecular weight excluding hydrogens is 260 g/mol. The highest BCUT2D eigenvalue weighted by Crippen LogP contribution is 2.16. The minimum Gasteiger partial charge on any atom is -0.375 e. The summed E-state index contributed by atoms with van der Waals surface area (Å²) in [6, 6.07) is 8.19. The van der Waals surface area contributed by atoms with Gasteiger partial charge in [-0.05, 0) is 51.5 Å². The van der Waals surface area contributed by atoms with Crippen molar-refractivity contribution < 1.29 is 4.79 Å². The van der Waals surface area contributed by atoms with Crippen LogP contribution in [-0.4, -0.2) is 37.0 Å². The summed E-state index contributed by atoms with van der Waals surface area (Å²) in [6.07, 6.45) is 3.44. The van der Waals surface area contributed by atoms with Gasteiger partial charge in [-0.25, -0.2) is 0 Å². The molecule has 3 nitrogen and oxygen atoms in total. The fourth-order valence-electron chi connectivity index (χ4n) is 2.33. The molecular formula is C18H30N2O. The number of benzene rings is 1. The fourth-order valence-corrected chi connectivity index (χ4v) is 2.33. The van der Waals surface area contributed by atoms with E-state index in [1.165, 1.54) is 12.8 Å². The second-order valence-corrected chi connectivity index (χ2v) is 5.86. The van der Waals surface area contributed by atoms with Crippen LogP contribution >= 0.6 is 0 Å². The van der Waals surface area contributed by atoms with Crippen molar-refractivity contribution in [1.29, 1.82) is 0 Å². The van der Waals surface area contributed by atoms with Crippen molar-refractivity contribution >= 4 is 11.6 Å². The number of hydrogen-bond acceptors (Lipinski definition) is 2. The average Bonchev–Trinajstić information content (AvgIpc) is 2.50. The molecule has 0 saturated heterocycles. The van der Waals surface area contributed by atoms with E-state index in [1.54, 1.807) is 0 Å². The number of unbranched alkanes of at least 4 members (excludes halogenated alkanes) is 2. The van der Waals surface area contributed by atoms with E-state index < -0.39 is 0 Å². The Hall–Kier alpha value is -1.51. The van der Waals surface area contributed by atoms with Crippen molar-refractivity contribution in [1.82, 2.24) is 4.90 Å². The van der Waals surface area contributed by atoms with E-state index in [-0.39, 0.29) is 11.9 Å². The van der Waals surface area contributed by atoms with Gasteiger partial charge < -0.3 is 9.80 Å². The van der Waals surface area contributed by atoms with Gasteiger partial charge in [0.1, 0.15) is 0 Å². The highest BCUT2D eigenvalue weighted by atomic mass is 16.2. The van der Waals surface area contributed by atoms with E-state index in [0.29, 0.717) is 0 Å². The molecule has 0 heterocycles. The first-order valence-electron chi connectivity index (χ1n) is 8.13. The number of carbonyl (C=O) groups is 1. The van der Waals surface area contributed by atoms with Gasteiger partial charge >= 0.3 is 0 Å². The summed E-state index contributed by atoms with van der Waals surface area (Å²) in [4.78, 5) is 16.8. The maximum absolute atomic E-state index is 12.6. The minimum atomic E-state index is 0.145.